The molecular formula is C15H22O2. The lowest BCUT2D eigenvalue weighted by Crippen LogP contribution is -2.04. The van der Waals surface area contributed by atoms with Gasteiger partial charge >= 0.3 is 0 Å². The summed E-state index contributed by atoms with van der Waals surface area (Å²) >= 11 is 0. The van der Waals surface area contributed by atoms with Crippen LogP contribution < -0.4 is 4.74 Å². The Balaban J connectivity index is 3.40. The molecule has 0 unspecified atom stereocenters. The Bertz CT molecular complexity index is 392. The summed E-state index contributed by atoms with van der Waals surface area (Å²) in [7, 11) is 0. The molecule has 0 radical (unpaired) electrons. The van der Waals surface area contributed by atoms with Gasteiger partial charge in [0, 0.05) is 0 Å². The van der Waals surface area contributed by atoms with Gasteiger partial charge in [-0.3, -0.25) is 4.79 Å². The third kappa shape index (κ3) is 3.09. The molecule has 0 aliphatic rings. The Morgan fingerprint density at radius 2 is 1.82 bits per heavy atom. The number of carbonyl (C=O) groups is 1. The van der Waals surface area contributed by atoms with Crippen LogP contribution in [-0.4, -0.2) is 12.9 Å². The van der Waals surface area contributed by atoms with Gasteiger partial charge in [-0.15, -0.1) is 0 Å². The fourth-order valence-corrected chi connectivity index (χ4v) is 1.86. The van der Waals surface area contributed by atoms with E-state index in [0.717, 1.165) is 17.6 Å². The minimum atomic E-state index is 0.356. The molecule has 2 heteroatoms. The van der Waals surface area contributed by atoms with Crippen molar-refractivity contribution in [2.24, 2.45) is 0 Å². The van der Waals surface area contributed by atoms with Crippen molar-refractivity contribution in [3.05, 3.63) is 28.8 Å². The SMILES string of the molecule is CCOc1c(C=O)cc(C(C)C)cc1C(C)C. The molecule has 0 atom stereocenters. The summed E-state index contributed by atoms with van der Waals surface area (Å²) in [6, 6.07) is 4.10. The van der Waals surface area contributed by atoms with Crippen molar-refractivity contribution in [1.29, 1.82) is 0 Å². The number of aldehydes is 1. The van der Waals surface area contributed by atoms with E-state index in [1.807, 2.05) is 13.0 Å². The summed E-state index contributed by atoms with van der Waals surface area (Å²) in [6.07, 6.45) is 0.892. The van der Waals surface area contributed by atoms with E-state index in [-0.39, 0.29) is 0 Å². The second-order valence-electron chi connectivity index (χ2n) is 4.89. The van der Waals surface area contributed by atoms with Crippen LogP contribution in [0.25, 0.3) is 0 Å². The monoisotopic (exact) mass is 234 g/mol. The van der Waals surface area contributed by atoms with Gasteiger partial charge in [-0.05, 0) is 36.0 Å². The summed E-state index contributed by atoms with van der Waals surface area (Å²) in [4.78, 5) is 11.2. The van der Waals surface area contributed by atoms with Crippen molar-refractivity contribution in [1.82, 2.24) is 0 Å². The molecule has 0 heterocycles. The Kier molecular flexibility index (Phi) is 4.73. The van der Waals surface area contributed by atoms with Gasteiger partial charge in [0.2, 0.25) is 0 Å². The highest BCUT2D eigenvalue weighted by Crippen LogP contribution is 2.33. The number of hydrogen-bond acceptors (Lipinski definition) is 2. The highest BCUT2D eigenvalue weighted by Gasteiger charge is 2.15. The van der Waals surface area contributed by atoms with Crippen molar-refractivity contribution in [3.63, 3.8) is 0 Å². The molecule has 0 amide bonds. The van der Waals surface area contributed by atoms with Crippen LogP contribution in [-0.2, 0) is 0 Å². The second-order valence-corrected chi connectivity index (χ2v) is 4.89. The van der Waals surface area contributed by atoms with Crippen molar-refractivity contribution in [3.8, 4) is 5.75 Å². The Hall–Kier alpha value is -1.31. The van der Waals surface area contributed by atoms with E-state index in [9.17, 15) is 4.79 Å². The van der Waals surface area contributed by atoms with E-state index in [4.69, 9.17) is 4.74 Å². The minimum Gasteiger partial charge on any atom is -0.493 e. The van der Waals surface area contributed by atoms with Crippen molar-refractivity contribution >= 4 is 6.29 Å². The van der Waals surface area contributed by atoms with Crippen LogP contribution >= 0.6 is 0 Å². The average Bonchev–Trinajstić information content (AvgIpc) is 2.28. The summed E-state index contributed by atoms with van der Waals surface area (Å²) in [5, 5.41) is 0. The lowest BCUT2D eigenvalue weighted by atomic mass is 9.92. The Morgan fingerprint density at radius 3 is 2.24 bits per heavy atom. The van der Waals surface area contributed by atoms with Gasteiger partial charge in [0.25, 0.3) is 0 Å². The van der Waals surface area contributed by atoms with Gasteiger partial charge in [0.1, 0.15) is 5.75 Å². The van der Waals surface area contributed by atoms with Crippen LogP contribution in [0.5, 0.6) is 5.75 Å². The summed E-state index contributed by atoms with van der Waals surface area (Å²) in [5.74, 6) is 1.53. The molecule has 17 heavy (non-hydrogen) atoms. The van der Waals surface area contributed by atoms with Gasteiger partial charge in [0.15, 0.2) is 6.29 Å². The highest BCUT2D eigenvalue weighted by atomic mass is 16.5. The molecule has 1 aromatic carbocycles. The van der Waals surface area contributed by atoms with E-state index in [2.05, 4.69) is 33.8 Å². The molecule has 0 aromatic heterocycles. The second kappa shape index (κ2) is 5.85. The zero-order valence-electron chi connectivity index (χ0n) is 11.4. The zero-order chi connectivity index (χ0) is 13.0. The molecule has 0 fully saturated rings. The van der Waals surface area contributed by atoms with Crippen LogP contribution in [0, 0.1) is 0 Å². The molecule has 1 rings (SSSR count). The largest absolute Gasteiger partial charge is 0.493 e. The van der Waals surface area contributed by atoms with Gasteiger partial charge in [-0.2, -0.15) is 0 Å². The average molecular weight is 234 g/mol. The highest BCUT2D eigenvalue weighted by molar-refractivity contribution is 5.81. The first-order valence-corrected chi connectivity index (χ1v) is 6.27. The van der Waals surface area contributed by atoms with Gasteiger partial charge in [-0.25, -0.2) is 0 Å². The minimum absolute atomic E-state index is 0.356. The first-order valence-electron chi connectivity index (χ1n) is 6.27. The molecule has 0 spiro atoms. The molecule has 94 valence electrons. The third-order valence-corrected chi connectivity index (χ3v) is 2.87. The van der Waals surface area contributed by atoms with Crippen LogP contribution in [0.1, 0.15) is 67.9 Å². The van der Waals surface area contributed by atoms with Gasteiger partial charge in [-0.1, -0.05) is 33.8 Å². The fraction of sp³-hybridized carbons (Fsp3) is 0.533. The number of rotatable bonds is 5. The van der Waals surface area contributed by atoms with Crippen LogP contribution in [0.3, 0.4) is 0 Å². The maximum absolute atomic E-state index is 11.2. The number of carbonyl (C=O) groups excluding carboxylic acids is 1. The molecule has 2 nitrogen and oxygen atoms in total. The zero-order valence-corrected chi connectivity index (χ0v) is 11.4. The first kappa shape index (κ1) is 13.8. The predicted octanol–water partition coefficient (Wildman–Crippen LogP) is 4.14. The topological polar surface area (TPSA) is 26.3 Å². The third-order valence-electron chi connectivity index (χ3n) is 2.87. The number of hydrogen-bond donors (Lipinski definition) is 0. The molecule has 0 N–H and O–H groups in total. The van der Waals surface area contributed by atoms with E-state index in [1.165, 1.54) is 5.56 Å². The molecule has 0 aliphatic carbocycles. The van der Waals surface area contributed by atoms with E-state index < -0.39 is 0 Å². The van der Waals surface area contributed by atoms with Crippen molar-refractivity contribution in [2.75, 3.05) is 6.61 Å². The quantitative estimate of drug-likeness (QED) is 0.715. The normalized spacial score (nSPS) is 11.0. The predicted molar refractivity (Wildman–Crippen MR) is 71.2 cm³/mol. The Morgan fingerprint density at radius 1 is 1.18 bits per heavy atom. The maximum atomic E-state index is 11.2. The smallest absolute Gasteiger partial charge is 0.153 e. The fourth-order valence-electron chi connectivity index (χ4n) is 1.86. The summed E-state index contributed by atoms with van der Waals surface area (Å²) < 4.78 is 5.62. The molecule has 1 aromatic rings. The van der Waals surface area contributed by atoms with Crippen LogP contribution in [0.2, 0.25) is 0 Å². The van der Waals surface area contributed by atoms with E-state index >= 15 is 0 Å². The lowest BCUT2D eigenvalue weighted by molar-refractivity contribution is 0.111. The lowest BCUT2D eigenvalue weighted by Gasteiger charge is -2.18. The van der Waals surface area contributed by atoms with Crippen molar-refractivity contribution < 1.29 is 9.53 Å². The standard InChI is InChI=1S/C15H22O2/c1-6-17-15-13(9-16)7-12(10(2)3)8-14(15)11(4)5/h7-11H,6H2,1-5H3. The first-order chi connectivity index (χ1) is 8.01. The molecule has 0 saturated heterocycles. The number of ether oxygens (including phenoxy) is 1. The molecule has 0 bridgehead atoms. The Labute approximate surface area is 104 Å². The molecule has 0 aliphatic heterocycles. The van der Waals surface area contributed by atoms with Crippen molar-refractivity contribution in [2.45, 2.75) is 46.5 Å². The van der Waals surface area contributed by atoms with E-state index in [1.54, 1.807) is 0 Å². The summed E-state index contributed by atoms with van der Waals surface area (Å²) in [5.41, 5.74) is 2.99. The molecular weight excluding hydrogens is 212 g/mol. The molecule has 0 saturated carbocycles. The maximum Gasteiger partial charge on any atom is 0.153 e. The van der Waals surface area contributed by atoms with Gasteiger partial charge in [0.05, 0.1) is 12.2 Å². The van der Waals surface area contributed by atoms with Crippen LogP contribution in [0.15, 0.2) is 12.1 Å². The van der Waals surface area contributed by atoms with Gasteiger partial charge < -0.3 is 4.74 Å². The van der Waals surface area contributed by atoms with E-state index in [0.29, 0.717) is 24.0 Å². The summed E-state index contributed by atoms with van der Waals surface area (Å²) in [6.45, 7) is 11.0. The number of benzene rings is 1. The van der Waals surface area contributed by atoms with Crippen LogP contribution in [0.4, 0.5) is 0 Å².